The number of Topliss-reactive ketones (excluding diaryl/α,β-unsaturated/α-hetero) is 1. The Labute approximate surface area is 179 Å². The molecule has 6 heteroatoms. The van der Waals surface area contributed by atoms with Crippen LogP contribution in [0.5, 0.6) is 0 Å². The minimum absolute atomic E-state index is 0.0355. The first-order valence-electron chi connectivity index (χ1n) is 9.73. The van der Waals surface area contributed by atoms with Crippen LogP contribution < -0.4 is 5.32 Å². The molecule has 2 aromatic carbocycles. The maximum atomic E-state index is 12.6. The Bertz CT molecular complexity index is 1040. The molecule has 0 saturated heterocycles. The number of ketones is 1. The predicted molar refractivity (Wildman–Crippen MR) is 119 cm³/mol. The highest BCUT2D eigenvalue weighted by Gasteiger charge is 2.23. The number of aryl methyl sites for hydroxylation is 1. The van der Waals surface area contributed by atoms with Crippen molar-refractivity contribution in [3.63, 3.8) is 0 Å². The van der Waals surface area contributed by atoms with Gasteiger partial charge >= 0.3 is 5.97 Å². The van der Waals surface area contributed by atoms with Crippen molar-refractivity contribution in [2.45, 2.75) is 26.7 Å². The van der Waals surface area contributed by atoms with Gasteiger partial charge in [0.25, 0.3) is 0 Å². The zero-order valence-corrected chi connectivity index (χ0v) is 17.8. The first-order chi connectivity index (χ1) is 14.5. The van der Waals surface area contributed by atoms with E-state index in [0.29, 0.717) is 21.7 Å². The molecule has 0 saturated carbocycles. The number of rotatable bonds is 8. The zero-order valence-electron chi connectivity index (χ0n) is 16.9. The minimum Gasteiger partial charge on any atom is -0.462 e. The molecule has 1 heterocycles. The lowest BCUT2D eigenvalue weighted by Gasteiger charge is -2.09. The van der Waals surface area contributed by atoms with Crippen molar-refractivity contribution < 1.29 is 19.1 Å². The molecule has 0 fully saturated rings. The molecule has 3 aromatic rings. The fourth-order valence-electron chi connectivity index (χ4n) is 2.99. The second-order valence-corrected chi connectivity index (χ2v) is 7.66. The van der Waals surface area contributed by atoms with E-state index >= 15 is 0 Å². The third-order valence-corrected chi connectivity index (χ3v) is 5.46. The molecule has 0 aliphatic rings. The number of carbonyl (C=O) groups excluding carboxylic acids is 3. The second-order valence-electron chi connectivity index (χ2n) is 6.78. The summed E-state index contributed by atoms with van der Waals surface area (Å²) in [6, 6.07) is 16.7. The summed E-state index contributed by atoms with van der Waals surface area (Å²) in [5.41, 5.74) is 3.63. The average Bonchev–Trinajstić information content (AvgIpc) is 3.17. The Hall–Kier alpha value is -3.25. The lowest BCUT2D eigenvalue weighted by atomic mass is 10.0. The van der Waals surface area contributed by atoms with Gasteiger partial charge in [0, 0.05) is 29.3 Å². The number of carbonyl (C=O) groups is 3. The molecule has 30 heavy (non-hydrogen) atoms. The van der Waals surface area contributed by atoms with Crippen LogP contribution in [0.2, 0.25) is 0 Å². The van der Waals surface area contributed by atoms with Crippen LogP contribution in [0.15, 0.2) is 60.0 Å². The van der Waals surface area contributed by atoms with Gasteiger partial charge < -0.3 is 10.1 Å². The summed E-state index contributed by atoms with van der Waals surface area (Å²) in [7, 11) is 0. The zero-order chi connectivity index (χ0) is 21.5. The molecule has 1 aromatic heterocycles. The third kappa shape index (κ3) is 5.21. The summed E-state index contributed by atoms with van der Waals surface area (Å²) in [5.74, 6) is -0.894. The van der Waals surface area contributed by atoms with Crippen molar-refractivity contribution in [1.29, 1.82) is 0 Å². The molecule has 0 bridgehead atoms. The van der Waals surface area contributed by atoms with E-state index < -0.39 is 5.97 Å². The number of nitrogens with one attached hydrogen (secondary N) is 1. The van der Waals surface area contributed by atoms with Crippen LogP contribution >= 0.6 is 11.3 Å². The Kier molecular flexibility index (Phi) is 7.14. The molecule has 0 atom stereocenters. The summed E-state index contributed by atoms with van der Waals surface area (Å²) in [4.78, 5) is 37.3. The van der Waals surface area contributed by atoms with Crippen LogP contribution in [0.25, 0.3) is 11.1 Å². The highest BCUT2D eigenvalue weighted by molar-refractivity contribution is 7.15. The van der Waals surface area contributed by atoms with Crippen molar-refractivity contribution >= 4 is 34.0 Å². The quantitative estimate of drug-likeness (QED) is 0.385. The number of hydrogen-bond acceptors (Lipinski definition) is 5. The molecule has 5 nitrogen and oxygen atoms in total. The number of amides is 1. The third-order valence-electron chi connectivity index (χ3n) is 4.56. The van der Waals surface area contributed by atoms with Gasteiger partial charge in [0.1, 0.15) is 10.6 Å². The van der Waals surface area contributed by atoms with Gasteiger partial charge in [-0.05, 0) is 19.4 Å². The number of thiophene rings is 1. The van der Waals surface area contributed by atoms with E-state index in [9.17, 15) is 14.4 Å². The lowest BCUT2D eigenvalue weighted by Crippen LogP contribution is -2.15. The molecule has 0 aliphatic heterocycles. The molecule has 0 radical (unpaired) electrons. The summed E-state index contributed by atoms with van der Waals surface area (Å²) < 4.78 is 5.21. The van der Waals surface area contributed by atoms with Gasteiger partial charge in [-0.15, -0.1) is 11.3 Å². The van der Waals surface area contributed by atoms with E-state index in [2.05, 4.69) is 5.32 Å². The molecule has 3 rings (SSSR count). The van der Waals surface area contributed by atoms with E-state index in [0.717, 1.165) is 11.1 Å². The molecule has 1 amide bonds. The van der Waals surface area contributed by atoms with E-state index in [1.165, 1.54) is 11.3 Å². The molecule has 0 spiro atoms. The van der Waals surface area contributed by atoms with Crippen molar-refractivity contribution in [3.05, 3.63) is 76.7 Å². The van der Waals surface area contributed by atoms with Gasteiger partial charge in [-0.1, -0.05) is 60.2 Å². The molecule has 0 unspecified atom stereocenters. The van der Waals surface area contributed by atoms with E-state index in [-0.39, 0.29) is 31.1 Å². The van der Waals surface area contributed by atoms with Crippen molar-refractivity contribution in [2.24, 2.45) is 0 Å². The molecular weight excluding hydrogens is 398 g/mol. The summed E-state index contributed by atoms with van der Waals surface area (Å²) in [6.45, 7) is 3.97. The largest absolute Gasteiger partial charge is 0.462 e. The average molecular weight is 422 g/mol. The standard InChI is InChI=1S/C24H23NO4S/c1-3-29-24(28)22-19(17-11-9-16(2)10-12-17)15-30-23(22)25-21(27)14-13-20(26)18-7-5-4-6-8-18/h4-12,15H,3,13-14H2,1-2H3,(H,25,27). The topological polar surface area (TPSA) is 72.5 Å². The maximum Gasteiger partial charge on any atom is 0.341 e. The van der Waals surface area contributed by atoms with Crippen LogP contribution in [0.1, 0.15) is 46.0 Å². The first kappa shape index (κ1) is 21.5. The van der Waals surface area contributed by atoms with Crippen LogP contribution in [0.4, 0.5) is 5.00 Å². The summed E-state index contributed by atoms with van der Waals surface area (Å²) in [5, 5.41) is 5.05. The first-order valence-corrected chi connectivity index (χ1v) is 10.6. The fraction of sp³-hybridized carbons (Fsp3) is 0.208. The van der Waals surface area contributed by atoms with Crippen molar-refractivity contribution in [1.82, 2.24) is 0 Å². The van der Waals surface area contributed by atoms with Gasteiger partial charge in [-0.2, -0.15) is 0 Å². The summed E-state index contributed by atoms with van der Waals surface area (Å²) in [6.07, 6.45) is 0.133. The van der Waals surface area contributed by atoms with Gasteiger partial charge in [-0.3, -0.25) is 9.59 Å². The monoisotopic (exact) mass is 421 g/mol. The van der Waals surface area contributed by atoms with Gasteiger partial charge in [-0.25, -0.2) is 4.79 Å². The molecule has 154 valence electrons. The molecular formula is C24H23NO4S. The van der Waals surface area contributed by atoms with Gasteiger partial charge in [0.05, 0.1) is 6.61 Å². The van der Waals surface area contributed by atoms with E-state index in [4.69, 9.17) is 4.74 Å². The number of benzene rings is 2. The number of ether oxygens (including phenoxy) is 1. The SMILES string of the molecule is CCOC(=O)c1c(-c2ccc(C)cc2)csc1NC(=O)CCC(=O)c1ccccc1. The predicted octanol–water partition coefficient (Wildman–Crippen LogP) is 5.50. The van der Waals surface area contributed by atoms with Crippen LogP contribution in [-0.4, -0.2) is 24.3 Å². The van der Waals surface area contributed by atoms with E-state index in [1.807, 2.05) is 42.6 Å². The van der Waals surface area contributed by atoms with Crippen molar-refractivity contribution in [2.75, 3.05) is 11.9 Å². The number of anilines is 1. The lowest BCUT2D eigenvalue weighted by molar-refractivity contribution is -0.116. The van der Waals surface area contributed by atoms with Gasteiger partial charge in [0.2, 0.25) is 5.91 Å². The molecule has 0 aliphatic carbocycles. The second kappa shape index (κ2) is 9.98. The maximum absolute atomic E-state index is 12.6. The summed E-state index contributed by atoms with van der Waals surface area (Å²) >= 11 is 1.27. The van der Waals surface area contributed by atoms with Crippen LogP contribution in [0, 0.1) is 6.92 Å². The highest BCUT2D eigenvalue weighted by Crippen LogP contribution is 2.36. The smallest absolute Gasteiger partial charge is 0.341 e. The van der Waals surface area contributed by atoms with Crippen LogP contribution in [-0.2, 0) is 9.53 Å². The van der Waals surface area contributed by atoms with Crippen molar-refractivity contribution in [3.8, 4) is 11.1 Å². The number of esters is 1. The number of hydrogen-bond donors (Lipinski definition) is 1. The van der Waals surface area contributed by atoms with E-state index in [1.54, 1.807) is 31.2 Å². The highest BCUT2D eigenvalue weighted by atomic mass is 32.1. The Balaban J connectivity index is 1.76. The van der Waals surface area contributed by atoms with Crippen LogP contribution in [0.3, 0.4) is 0 Å². The fourth-order valence-corrected chi connectivity index (χ4v) is 3.96. The Morgan fingerprint density at radius 1 is 0.967 bits per heavy atom. The van der Waals surface area contributed by atoms with Gasteiger partial charge in [0.15, 0.2) is 5.78 Å². The molecule has 1 N–H and O–H groups in total. The minimum atomic E-state index is -0.481. The Morgan fingerprint density at radius 2 is 1.67 bits per heavy atom. The Morgan fingerprint density at radius 3 is 2.33 bits per heavy atom. The normalized spacial score (nSPS) is 10.5.